The highest BCUT2D eigenvalue weighted by molar-refractivity contribution is 7.47. The molecular formula is C47H96NO7P. The van der Waals surface area contributed by atoms with Gasteiger partial charge >= 0.3 is 13.8 Å². The molecule has 2 unspecified atom stereocenters. The molecule has 0 aromatic rings. The SMILES string of the molecule is CCCCCCCCCCCCCCCCCCCCCCC(=O)OC(COCCCCCCCCCCCCCCCCCCC)COP(=O)(O)OCCN. The van der Waals surface area contributed by atoms with E-state index in [0.717, 1.165) is 32.1 Å². The van der Waals surface area contributed by atoms with Gasteiger partial charge in [0.05, 0.1) is 19.8 Å². The maximum atomic E-state index is 12.6. The molecule has 0 aliphatic heterocycles. The van der Waals surface area contributed by atoms with E-state index in [1.165, 1.54) is 205 Å². The van der Waals surface area contributed by atoms with Crippen molar-refractivity contribution in [3.8, 4) is 0 Å². The molecule has 336 valence electrons. The number of carbonyl (C=O) groups is 1. The summed E-state index contributed by atoms with van der Waals surface area (Å²) in [5.74, 6) is -0.321. The summed E-state index contributed by atoms with van der Waals surface area (Å²) in [5, 5.41) is 0. The molecule has 0 radical (unpaired) electrons. The molecule has 0 saturated heterocycles. The minimum absolute atomic E-state index is 0.0898. The number of esters is 1. The van der Waals surface area contributed by atoms with E-state index in [1.807, 2.05) is 0 Å². The summed E-state index contributed by atoms with van der Waals surface area (Å²) >= 11 is 0. The van der Waals surface area contributed by atoms with E-state index in [2.05, 4.69) is 13.8 Å². The Bertz CT molecular complexity index is 832. The molecule has 0 aromatic carbocycles. The normalized spacial score (nSPS) is 13.3. The smallest absolute Gasteiger partial charge is 0.457 e. The van der Waals surface area contributed by atoms with Gasteiger partial charge in [-0.2, -0.15) is 0 Å². The van der Waals surface area contributed by atoms with E-state index < -0.39 is 13.9 Å². The van der Waals surface area contributed by atoms with Crippen LogP contribution in [0.15, 0.2) is 0 Å². The molecule has 0 amide bonds. The Morgan fingerprint density at radius 3 is 1.12 bits per heavy atom. The van der Waals surface area contributed by atoms with Crippen molar-refractivity contribution in [1.82, 2.24) is 0 Å². The number of hydrogen-bond donors (Lipinski definition) is 2. The number of unbranched alkanes of at least 4 members (excludes halogenated alkanes) is 35. The minimum atomic E-state index is -4.27. The van der Waals surface area contributed by atoms with E-state index in [-0.39, 0.29) is 32.3 Å². The van der Waals surface area contributed by atoms with Gasteiger partial charge in [-0.25, -0.2) is 4.57 Å². The van der Waals surface area contributed by atoms with Crippen molar-refractivity contribution in [2.24, 2.45) is 5.73 Å². The largest absolute Gasteiger partial charge is 0.472 e. The van der Waals surface area contributed by atoms with Crippen LogP contribution in [0, 0.1) is 0 Å². The van der Waals surface area contributed by atoms with Gasteiger partial charge in [0, 0.05) is 19.6 Å². The summed E-state index contributed by atoms with van der Waals surface area (Å²) in [6.45, 7) is 5.00. The minimum Gasteiger partial charge on any atom is -0.457 e. The molecule has 0 aromatic heterocycles. The highest BCUT2D eigenvalue weighted by Gasteiger charge is 2.25. The Balaban J connectivity index is 3.90. The lowest BCUT2D eigenvalue weighted by Crippen LogP contribution is -2.28. The average molecular weight is 818 g/mol. The molecule has 0 aliphatic rings. The van der Waals surface area contributed by atoms with Crippen LogP contribution in [0.4, 0.5) is 0 Å². The fourth-order valence-electron chi connectivity index (χ4n) is 7.41. The number of hydrogen-bond acceptors (Lipinski definition) is 7. The van der Waals surface area contributed by atoms with Crippen molar-refractivity contribution >= 4 is 13.8 Å². The van der Waals surface area contributed by atoms with Crippen LogP contribution in [0.2, 0.25) is 0 Å². The molecule has 0 spiro atoms. The van der Waals surface area contributed by atoms with Crippen LogP contribution in [0.5, 0.6) is 0 Å². The first kappa shape index (κ1) is 55.5. The monoisotopic (exact) mass is 818 g/mol. The van der Waals surface area contributed by atoms with E-state index in [0.29, 0.717) is 13.0 Å². The summed E-state index contributed by atoms with van der Waals surface area (Å²) < 4.78 is 33.6. The Morgan fingerprint density at radius 1 is 0.464 bits per heavy atom. The Kier molecular flexibility index (Phi) is 45.2. The van der Waals surface area contributed by atoms with Crippen LogP contribution in [0.3, 0.4) is 0 Å². The van der Waals surface area contributed by atoms with Gasteiger partial charge in [-0.3, -0.25) is 13.8 Å². The van der Waals surface area contributed by atoms with Crippen molar-refractivity contribution in [2.75, 3.05) is 33.0 Å². The number of rotatable bonds is 48. The van der Waals surface area contributed by atoms with Gasteiger partial charge in [0.1, 0.15) is 6.10 Å². The third kappa shape index (κ3) is 44.6. The molecule has 3 N–H and O–H groups in total. The van der Waals surface area contributed by atoms with Crippen LogP contribution in [0.25, 0.3) is 0 Å². The lowest BCUT2D eigenvalue weighted by Gasteiger charge is -2.20. The maximum Gasteiger partial charge on any atom is 0.472 e. The second-order valence-corrected chi connectivity index (χ2v) is 18.2. The van der Waals surface area contributed by atoms with E-state index in [4.69, 9.17) is 24.3 Å². The number of ether oxygens (including phenoxy) is 2. The predicted molar refractivity (Wildman–Crippen MR) is 238 cm³/mol. The van der Waals surface area contributed by atoms with E-state index >= 15 is 0 Å². The molecule has 9 heteroatoms. The Hall–Kier alpha value is -0.500. The fraction of sp³-hybridized carbons (Fsp3) is 0.979. The quantitative estimate of drug-likeness (QED) is 0.0354. The maximum absolute atomic E-state index is 12.6. The molecule has 56 heavy (non-hydrogen) atoms. The van der Waals surface area contributed by atoms with Crippen LogP contribution < -0.4 is 5.73 Å². The van der Waals surface area contributed by atoms with Crippen LogP contribution in [-0.4, -0.2) is 49.9 Å². The highest BCUT2D eigenvalue weighted by atomic mass is 31.2. The number of carbonyl (C=O) groups excluding carboxylic acids is 1. The molecule has 0 heterocycles. The van der Waals surface area contributed by atoms with Crippen LogP contribution in [-0.2, 0) is 27.9 Å². The van der Waals surface area contributed by atoms with Crippen molar-refractivity contribution in [2.45, 2.75) is 264 Å². The summed E-state index contributed by atoms with van der Waals surface area (Å²) in [6.07, 6.45) is 48.4. The first-order valence-electron chi connectivity index (χ1n) is 24.5. The van der Waals surface area contributed by atoms with Crippen molar-refractivity contribution in [3.05, 3.63) is 0 Å². The van der Waals surface area contributed by atoms with Crippen LogP contribution >= 0.6 is 7.82 Å². The Labute approximate surface area is 348 Å². The van der Waals surface area contributed by atoms with Crippen molar-refractivity contribution in [3.63, 3.8) is 0 Å². The van der Waals surface area contributed by atoms with Crippen molar-refractivity contribution < 1.29 is 32.8 Å². The van der Waals surface area contributed by atoms with Crippen LogP contribution in [0.1, 0.15) is 258 Å². The molecule has 0 rings (SSSR count). The van der Waals surface area contributed by atoms with Gasteiger partial charge in [0.15, 0.2) is 0 Å². The van der Waals surface area contributed by atoms with Crippen molar-refractivity contribution in [1.29, 1.82) is 0 Å². The predicted octanol–water partition coefficient (Wildman–Crippen LogP) is 14.9. The fourth-order valence-corrected chi connectivity index (χ4v) is 8.18. The standard InChI is InChI=1S/C47H96NO7P/c1-3-5-7-9-11-13-15-17-19-21-22-23-24-26-28-30-32-34-36-38-40-47(49)55-46(45-54-56(50,51)53-43-41-48)44-52-42-39-37-35-33-31-29-27-25-20-18-16-14-12-10-8-6-4-2/h46H,3-45,48H2,1-2H3,(H,50,51). The topological polar surface area (TPSA) is 117 Å². The lowest BCUT2D eigenvalue weighted by atomic mass is 10.0. The zero-order valence-corrected chi connectivity index (χ0v) is 38.3. The molecule has 2 atom stereocenters. The highest BCUT2D eigenvalue weighted by Crippen LogP contribution is 2.43. The third-order valence-electron chi connectivity index (χ3n) is 11.0. The lowest BCUT2D eigenvalue weighted by molar-refractivity contribution is -0.154. The van der Waals surface area contributed by atoms with E-state index in [1.54, 1.807) is 0 Å². The summed E-state index contributed by atoms with van der Waals surface area (Å²) in [6, 6.07) is 0. The molecule has 0 fully saturated rings. The summed E-state index contributed by atoms with van der Waals surface area (Å²) in [7, 11) is -4.27. The van der Waals surface area contributed by atoms with Gasteiger partial charge in [0.2, 0.25) is 0 Å². The number of phosphoric acid groups is 1. The van der Waals surface area contributed by atoms with Gasteiger partial charge in [-0.1, -0.05) is 239 Å². The molecule has 0 saturated carbocycles. The average Bonchev–Trinajstić information content (AvgIpc) is 3.19. The molecular weight excluding hydrogens is 721 g/mol. The summed E-state index contributed by atoms with van der Waals surface area (Å²) in [5.41, 5.74) is 5.38. The van der Waals surface area contributed by atoms with Gasteiger partial charge in [-0.05, 0) is 12.8 Å². The Morgan fingerprint density at radius 2 is 0.786 bits per heavy atom. The number of nitrogens with two attached hydrogens (primary N) is 1. The first-order chi connectivity index (χ1) is 27.4. The molecule has 0 bridgehead atoms. The molecule has 8 nitrogen and oxygen atoms in total. The zero-order valence-electron chi connectivity index (χ0n) is 37.4. The van der Waals surface area contributed by atoms with Gasteiger partial charge in [0.25, 0.3) is 0 Å². The second-order valence-electron chi connectivity index (χ2n) is 16.7. The van der Waals surface area contributed by atoms with E-state index in [9.17, 15) is 14.3 Å². The first-order valence-corrected chi connectivity index (χ1v) is 26.0. The second kappa shape index (κ2) is 45.6. The third-order valence-corrected chi connectivity index (χ3v) is 12.0. The van der Waals surface area contributed by atoms with Gasteiger partial charge in [-0.15, -0.1) is 0 Å². The van der Waals surface area contributed by atoms with Gasteiger partial charge < -0.3 is 20.1 Å². The summed E-state index contributed by atoms with van der Waals surface area (Å²) in [4.78, 5) is 22.6. The molecule has 0 aliphatic carbocycles. The number of phosphoric ester groups is 1. The zero-order chi connectivity index (χ0) is 40.9.